The highest BCUT2D eigenvalue weighted by atomic mass is 16.1. The summed E-state index contributed by atoms with van der Waals surface area (Å²) in [5, 5.41) is 0. The van der Waals surface area contributed by atoms with Crippen LogP contribution in [-0.2, 0) is 4.79 Å². The molecule has 0 bridgehead atoms. The Balaban J connectivity index is 4.71. The molecule has 0 fully saturated rings. The van der Waals surface area contributed by atoms with Gasteiger partial charge in [0, 0.05) is 12.3 Å². The van der Waals surface area contributed by atoms with Gasteiger partial charge in [-0.1, -0.05) is 53.7 Å². The number of ketones is 1. The molecule has 1 unspecified atom stereocenters. The Morgan fingerprint density at radius 3 is 1.94 bits per heavy atom. The van der Waals surface area contributed by atoms with E-state index in [1.165, 1.54) is 0 Å². The van der Waals surface area contributed by atoms with E-state index >= 15 is 0 Å². The van der Waals surface area contributed by atoms with Gasteiger partial charge in [0.15, 0.2) is 0 Å². The van der Waals surface area contributed by atoms with Crippen LogP contribution in [0, 0.1) is 16.7 Å². The van der Waals surface area contributed by atoms with Gasteiger partial charge in [0.05, 0.1) is 0 Å². The van der Waals surface area contributed by atoms with Crippen molar-refractivity contribution in [1.29, 1.82) is 0 Å². The van der Waals surface area contributed by atoms with Crippen molar-refractivity contribution in [3.8, 4) is 0 Å². The fraction of sp³-hybridized carbons (Fsp3) is 0.800. The first-order valence-electron chi connectivity index (χ1n) is 6.22. The summed E-state index contributed by atoms with van der Waals surface area (Å²) in [6, 6.07) is 0. The molecule has 1 nitrogen and oxygen atoms in total. The number of carbonyl (C=O) groups excluding carboxylic acids is 1. The Morgan fingerprint density at radius 2 is 1.62 bits per heavy atom. The van der Waals surface area contributed by atoms with E-state index in [2.05, 4.69) is 47.6 Å². The lowest BCUT2D eigenvalue weighted by atomic mass is 9.72. The van der Waals surface area contributed by atoms with Gasteiger partial charge in [0.1, 0.15) is 5.78 Å². The van der Waals surface area contributed by atoms with Gasteiger partial charge >= 0.3 is 0 Å². The molecule has 0 amide bonds. The quantitative estimate of drug-likeness (QED) is 0.637. The van der Waals surface area contributed by atoms with Gasteiger partial charge in [-0.25, -0.2) is 0 Å². The minimum absolute atomic E-state index is 0.0574. The van der Waals surface area contributed by atoms with Gasteiger partial charge in [-0.15, -0.1) is 0 Å². The maximum atomic E-state index is 12.3. The van der Waals surface area contributed by atoms with E-state index < -0.39 is 0 Å². The van der Waals surface area contributed by atoms with Gasteiger partial charge < -0.3 is 0 Å². The van der Waals surface area contributed by atoms with Gasteiger partial charge in [0.2, 0.25) is 0 Å². The molecule has 0 saturated heterocycles. The highest BCUT2D eigenvalue weighted by molar-refractivity contribution is 5.82. The van der Waals surface area contributed by atoms with E-state index in [9.17, 15) is 4.79 Å². The number of Topliss-reactive ketones (excluding diaryl/α,β-unsaturated/α-hetero) is 1. The maximum Gasteiger partial charge on any atom is 0.137 e. The van der Waals surface area contributed by atoms with Gasteiger partial charge in [-0.3, -0.25) is 4.79 Å². The lowest BCUT2D eigenvalue weighted by Gasteiger charge is -2.31. The molecule has 0 aliphatic carbocycles. The lowest BCUT2D eigenvalue weighted by Crippen LogP contribution is -2.30. The SMILES string of the molecule is C/C=C/CC(C(=O)CC(C)(C)C)C(C)(C)C. The van der Waals surface area contributed by atoms with Crippen molar-refractivity contribution in [2.24, 2.45) is 16.7 Å². The molecule has 0 aromatic rings. The molecule has 0 spiro atoms. The molecule has 0 aliphatic heterocycles. The number of rotatable bonds is 4. The number of hydrogen-bond acceptors (Lipinski definition) is 1. The highest BCUT2D eigenvalue weighted by Gasteiger charge is 2.31. The molecule has 0 saturated carbocycles. The third-order valence-corrected chi connectivity index (χ3v) is 2.75. The van der Waals surface area contributed by atoms with Crippen LogP contribution in [0.1, 0.15) is 61.3 Å². The summed E-state index contributed by atoms with van der Waals surface area (Å²) in [4.78, 5) is 12.3. The van der Waals surface area contributed by atoms with Crippen LogP contribution in [-0.4, -0.2) is 5.78 Å². The second kappa shape index (κ2) is 5.65. The summed E-state index contributed by atoms with van der Waals surface area (Å²) < 4.78 is 0. The van der Waals surface area contributed by atoms with E-state index in [1.54, 1.807) is 0 Å². The summed E-state index contributed by atoms with van der Waals surface area (Å²) in [6.07, 6.45) is 5.68. The van der Waals surface area contributed by atoms with E-state index in [0.29, 0.717) is 12.2 Å². The first-order valence-corrected chi connectivity index (χ1v) is 6.22. The van der Waals surface area contributed by atoms with Crippen LogP contribution in [0.2, 0.25) is 0 Å². The normalized spacial score (nSPS) is 15.4. The van der Waals surface area contributed by atoms with E-state index in [0.717, 1.165) is 6.42 Å². The first-order chi connectivity index (χ1) is 7.08. The van der Waals surface area contributed by atoms with Crippen LogP contribution in [0.25, 0.3) is 0 Å². The summed E-state index contributed by atoms with van der Waals surface area (Å²) >= 11 is 0. The monoisotopic (exact) mass is 224 g/mol. The standard InChI is InChI=1S/C15H28O/c1-8-9-10-12(15(5,6)7)13(16)11-14(2,3)4/h8-9,12H,10-11H2,1-7H3/b9-8+. The fourth-order valence-corrected chi connectivity index (χ4v) is 1.89. The lowest BCUT2D eigenvalue weighted by molar-refractivity contribution is -0.127. The zero-order valence-electron chi connectivity index (χ0n) is 12.1. The van der Waals surface area contributed by atoms with Crippen LogP contribution in [0.3, 0.4) is 0 Å². The van der Waals surface area contributed by atoms with Crippen molar-refractivity contribution in [1.82, 2.24) is 0 Å². The van der Waals surface area contributed by atoms with Gasteiger partial charge in [-0.2, -0.15) is 0 Å². The second-order valence-corrected chi connectivity index (χ2v) is 6.93. The van der Waals surface area contributed by atoms with E-state index in [1.807, 2.05) is 13.0 Å². The van der Waals surface area contributed by atoms with Crippen LogP contribution < -0.4 is 0 Å². The molecule has 0 rings (SSSR count). The van der Waals surface area contributed by atoms with E-state index in [4.69, 9.17) is 0 Å². The summed E-state index contributed by atoms with van der Waals surface area (Å²) in [5.41, 5.74) is 0.151. The van der Waals surface area contributed by atoms with E-state index in [-0.39, 0.29) is 16.7 Å². The maximum absolute atomic E-state index is 12.3. The molecule has 0 heterocycles. The minimum atomic E-state index is 0.0574. The van der Waals surface area contributed by atoms with Crippen LogP contribution >= 0.6 is 0 Å². The Bertz CT molecular complexity index is 248. The molecule has 16 heavy (non-hydrogen) atoms. The Kier molecular flexibility index (Phi) is 5.44. The third kappa shape index (κ3) is 6.09. The molecule has 94 valence electrons. The zero-order chi connectivity index (χ0) is 13.0. The number of allylic oxidation sites excluding steroid dienone is 2. The van der Waals surface area contributed by atoms with Crippen molar-refractivity contribution in [3.05, 3.63) is 12.2 Å². The van der Waals surface area contributed by atoms with Crippen molar-refractivity contribution in [2.45, 2.75) is 61.3 Å². The Hall–Kier alpha value is -0.590. The molecule has 1 atom stereocenters. The fourth-order valence-electron chi connectivity index (χ4n) is 1.89. The second-order valence-electron chi connectivity index (χ2n) is 6.93. The summed E-state index contributed by atoms with van der Waals surface area (Å²) in [5.74, 6) is 0.543. The van der Waals surface area contributed by atoms with Crippen LogP contribution in [0.4, 0.5) is 0 Å². The molecule has 0 aromatic carbocycles. The average Bonchev–Trinajstić information content (AvgIpc) is 1.98. The molecular weight excluding hydrogens is 196 g/mol. The average molecular weight is 224 g/mol. The molecule has 0 aliphatic rings. The van der Waals surface area contributed by atoms with Crippen molar-refractivity contribution in [2.75, 3.05) is 0 Å². The number of carbonyl (C=O) groups is 1. The first kappa shape index (κ1) is 15.4. The molecular formula is C15H28O. The largest absolute Gasteiger partial charge is 0.299 e. The van der Waals surface area contributed by atoms with Crippen LogP contribution in [0.5, 0.6) is 0 Å². The van der Waals surface area contributed by atoms with Crippen molar-refractivity contribution < 1.29 is 4.79 Å². The van der Waals surface area contributed by atoms with Crippen LogP contribution in [0.15, 0.2) is 12.2 Å². The summed E-state index contributed by atoms with van der Waals surface area (Å²) in [7, 11) is 0. The smallest absolute Gasteiger partial charge is 0.137 e. The predicted octanol–water partition coefficient (Wildman–Crippen LogP) is 4.62. The number of hydrogen-bond donors (Lipinski definition) is 0. The molecule has 0 aromatic heterocycles. The molecule has 0 N–H and O–H groups in total. The minimum Gasteiger partial charge on any atom is -0.299 e. The Morgan fingerprint density at radius 1 is 1.12 bits per heavy atom. The topological polar surface area (TPSA) is 17.1 Å². The highest BCUT2D eigenvalue weighted by Crippen LogP contribution is 2.33. The van der Waals surface area contributed by atoms with Gasteiger partial charge in [0.25, 0.3) is 0 Å². The molecule has 0 radical (unpaired) electrons. The zero-order valence-corrected chi connectivity index (χ0v) is 12.1. The predicted molar refractivity (Wildman–Crippen MR) is 71.5 cm³/mol. The Labute approximate surface area is 101 Å². The molecule has 1 heteroatoms. The van der Waals surface area contributed by atoms with Crippen molar-refractivity contribution >= 4 is 5.78 Å². The third-order valence-electron chi connectivity index (χ3n) is 2.75. The van der Waals surface area contributed by atoms with Gasteiger partial charge in [-0.05, 0) is 24.2 Å². The summed E-state index contributed by atoms with van der Waals surface area (Å²) in [6.45, 7) is 14.8. The van der Waals surface area contributed by atoms with Crippen molar-refractivity contribution in [3.63, 3.8) is 0 Å².